The maximum atomic E-state index is 12.3. The van der Waals surface area contributed by atoms with Crippen molar-refractivity contribution in [3.63, 3.8) is 0 Å². The number of methoxy groups -OCH3 is 1. The Kier molecular flexibility index (Phi) is 6.97. The highest BCUT2D eigenvalue weighted by atomic mass is 16.6. The Morgan fingerprint density at radius 3 is 2.73 bits per heavy atom. The van der Waals surface area contributed by atoms with Crippen molar-refractivity contribution in [2.75, 3.05) is 19.0 Å². The Morgan fingerprint density at radius 2 is 2.12 bits per heavy atom. The fraction of sp³-hybridized carbons (Fsp3) is 0.632. The molecule has 1 aliphatic carbocycles. The maximum absolute atomic E-state index is 12.3. The number of nitro benzene ring substituents is 1. The average molecular weight is 364 g/mol. The minimum absolute atomic E-state index is 0.0513. The van der Waals surface area contributed by atoms with Gasteiger partial charge in [-0.3, -0.25) is 14.9 Å². The van der Waals surface area contributed by atoms with Gasteiger partial charge in [0.25, 0.3) is 11.6 Å². The van der Waals surface area contributed by atoms with E-state index in [2.05, 4.69) is 26.1 Å². The Labute approximate surface area is 154 Å². The molecular weight excluding hydrogens is 336 g/mol. The quantitative estimate of drug-likeness (QED) is 0.583. The van der Waals surface area contributed by atoms with Crippen LogP contribution in [0.3, 0.4) is 0 Å². The molecule has 0 radical (unpaired) electrons. The number of nitrogens with zero attached hydrogens (tertiary/aromatic N) is 1. The van der Waals surface area contributed by atoms with Crippen molar-refractivity contribution in [3.05, 3.63) is 28.3 Å². The molecule has 1 N–H and O–H groups in total. The van der Waals surface area contributed by atoms with Gasteiger partial charge in [-0.05, 0) is 42.7 Å². The standard InChI is InChI=1S/C19H28N2O5/c1-12(2)15-7-5-13(3)9-18(15)26-11-19(22)20-16-8-6-14(25-4)10-17(16)21(23)24/h6,8,10,12-13,15,18H,5,7,9,11H2,1-4H3,(H,20,22)/t13-,15-,18+/m0/s1. The van der Waals surface area contributed by atoms with Gasteiger partial charge in [-0.15, -0.1) is 0 Å². The number of ether oxygens (including phenoxy) is 2. The summed E-state index contributed by atoms with van der Waals surface area (Å²) in [6.45, 7) is 6.45. The fourth-order valence-corrected chi connectivity index (χ4v) is 3.57. The van der Waals surface area contributed by atoms with Gasteiger partial charge in [0.1, 0.15) is 18.0 Å². The number of hydrogen-bond acceptors (Lipinski definition) is 5. The van der Waals surface area contributed by atoms with Crippen LogP contribution in [0.2, 0.25) is 0 Å². The summed E-state index contributed by atoms with van der Waals surface area (Å²) >= 11 is 0. The highest BCUT2D eigenvalue weighted by Gasteiger charge is 2.31. The van der Waals surface area contributed by atoms with E-state index in [-0.39, 0.29) is 30.0 Å². The van der Waals surface area contributed by atoms with Crippen LogP contribution in [-0.4, -0.2) is 30.7 Å². The zero-order valence-electron chi connectivity index (χ0n) is 15.9. The van der Waals surface area contributed by atoms with E-state index in [9.17, 15) is 14.9 Å². The van der Waals surface area contributed by atoms with E-state index in [4.69, 9.17) is 9.47 Å². The van der Waals surface area contributed by atoms with Crippen LogP contribution in [-0.2, 0) is 9.53 Å². The molecule has 1 aliphatic rings. The zero-order valence-corrected chi connectivity index (χ0v) is 15.9. The fourth-order valence-electron chi connectivity index (χ4n) is 3.57. The Bertz CT molecular complexity index is 647. The van der Waals surface area contributed by atoms with Crippen molar-refractivity contribution >= 4 is 17.3 Å². The van der Waals surface area contributed by atoms with Gasteiger partial charge in [0.05, 0.1) is 24.2 Å². The molecule has 7 nitrogen and oxygen atoms in total. The molecule has 1 aromatic carbocycles. The summed E-state index contributed by atoms with van der Waals surface area (Å²) in [6, 6.07) is 4.32. The molecule has 0 bridgehead atoms. The van der Waals surface area contributed by atoms with Crippen molar-refractivity contribution in [3.8, 4) is 5.75 Å². The third-order valence-corrected chi connectivity index (χ3v) is 5.07. The molecular formula is C19H28N2O5. The minimum atomic E-state index is -0.545. The molecule has 0 saturated heterocycles. The molecule has 0 spiro atoms. The van der Waals surface area contributed by atoms with Crippen LogP contribution < -0.4 is 10.1 Å². The first-order chi connectivity index (χ1) is 12.3. The molecule has 0 heterocycles. The lowest BCUT2D eigenvalue weighted by Crippen LogP contribution is -2.36. The average Bonchev–Trinajstić information content (AvgIpc) is 2.59. The van der Waals surface area contributed by atoms with E-state index in [1.807, 2.05) is 0 Å². The second-order valence-corrected chi connectivity index (χ2v) is 7.36. The van der Waals surface area contributed by atoms with Crippen molar-refractivity contribution in [1.82, 2.24) is 0 Å². The molecule has 1 fully saturated rings. The first-order valence-electron chi connectivity index (χ1n) is 9.05. The van der Waals surface area contributed by atoms with E-state index < -0.39 is 4.92 Å². The third kappa shape index (κ3) is 5.17. The highest BCUT2D eigenvalue weighted by Crippen LogP contribution is 2.35. The van der Waals surface area contributed by atoms with Crippen molar-refractivity contribution in [2.45, 2.75) is 46.1 Å². The van der Waals surface area contributed by atoms with Crippen LogP contribution >= 0.6 is 0 Å². The van der Waals surface area contributed by atoms with Crippen LogP contribution in [0.1, 0.15) is 40.0 Å². The summed E-state index contributed by atoms with van der Waals surface area (Å²) in [4.78, 5) is 22.9. The summed E-state index contributed by atoms with van der Waals surface area (Å²) in [6.07, 6.45) is 3.29. The van der Waals surface area contributed by atoms with Gasteiger partial charge >= 0.3 is 0 Å². The number of hydrogen-bond donors (Lipinski definition) is 1. The van der Waals surface area contributed by atoms with Gasteiger partial charge < -0.3 is 14.8 Å². The monoisotopic (exact) mass is 364 g/mol. The van der Waals surface area contributed by atoms with Crippen molar-refractivity contribution in [2.24, 2.45) is 17.8 Å². The third-order valence-electron chi connectivity index (χ3n) is 5.07. The van der Waals surface area contributed by atoms with E-state index in [1.165, 1.54) is 25.7 Å². The van der Waals surface area contributed by atoms with Crippen LogP contribution in [0.5, 0.6) is 5.75 Å². The predicted octanol–water partition coefficient (Wildman–Crippen LogP) is 4.02. The maximum Gasteiger partial charge on any atom is 0.296 e. The highest BCUT2D eigenvalue weighted by molar-refractivity contribution is 5.94. The molecule has 1 saturated carbocycles. The molecule has 0 unspecified atom stereocenters. The number of nitrogens with one attached hydrogen (secondary N) is 1. The summed E-state index contributed by atoms with van der Waals surface area (Å²) in [5.41, 5.74) is -0.0640. The van der Waals surface area contributed by atoms with Gasteiger partial charge in [-0.1, -0.05) is 27.2 Å². The number of carbonyl (C=O) groups is 1. The van der Waals surface area contributed by atoms with Crippen LogP contribution in [0.15, 0.2) is 18.2 Å². The SMILES string of the molecule is COc1ccc(NC(=O)CO[C@@H]2C[C@@H](C)CC[C@H]2C(C)C)c([N+](=O)[O-])c1. The lowest BCUT2D eigenvalue weighted by Gasteiger charge is -2.37. The van der Waals surface area contributed by atoms with Gasteiger partial charge in [-0.25, -0.2) is 0 Å². The largest absolute Gasteiger partial charge is 0.496 e. The normalized spacial score (nSPS) is 22.9. The Balaban J connectivity index is 1.99. The molecule has 0 aromatic heterocycles. The number of rotatable bonds is 7. The van der Waals surface area contributed by atoms with Gasteiger partial charge in [0.15, 0.2) is 0 Å². The van der Waals surface area contributed by atoms with Gasteiger partial charge in [-0.2, -0.15) is 0 Å². The van der Waals surface area contributed by atoms with E-state index in [0.717, 1.165) is 12.8 Å². The van der Waals surface area contributed by atoms with E-state index >= 15 is 0 Å². The molecule has 1 aromatic rings. The van der Waals surface area contributed by atoms with Gasteiger partial charge in [0, 0.05) is 0 Å². The first-order valence-corrected chi connectivity index (χ1v) is 9.05. The van der Waals surface area contributed by atoms with E-state index in [1.54, 1.807) is 6.07 Å². The molecule has 144 valence electrons. The molecule has 7 heteroatoms. The van der Waals surface area contributed by atoms with Crippen molar-refractivity contribution in [1.29, 1.82) is 0 Å². The molecule has 26 heavy (non-hydrogen) atoms. The lowest BCUT2D eigenvalue weighted by atomic mass is 9.75. The lowest BCUT2D eigenvalue weighted by molar-refractivity contribution is -0.384. The topological polar surface area (TPSA) is 90.7 Å². The number of carbonyl (C=O) groups excluding carboxylic acids is 1. The van der Waals surface area contributed by atoms with Gasteiger partial charge in [0.2, 0.25) is 0 Å². The second kappa shape index (κ2) is 8.98. The number of amides is 1. The smallest absolute Gasteiger partial charge is 0.296 e. The first kappa shape index (κ1) is 20.2. The number of nitro groups is 1. The Hall–Kier alpha value is -2.15. The number of benzene rings is 1. The van der Waals surface area contributed by atoms with Crippen LogP contribution in [0, 0.1) is 27.9 Å². The Morgan fingerprint density at radius 1 is 1.38 bits per heavy atom. The summed E-state index contributed by atoms with van der Waals surface area (Å²) in [7, 11) is 1.43. The number of anilines is 1. The summed E-state index contributed by atoms with van der Waals surface area (Å²) < 4.78 is 10.9. The molecule has 0 aliphatic heterocycles. The van der Waals surface area contributed by atoms with Crippen molar-refractivity contribution < 1.29 is 19.2 Å². The van der Waals surface area contributed by atoms with Crippen LogP contribution in [0.4, 0.5) is 11.4 Å². The summed E-state index contributed by atoms with van der Waals surface area (Å²) in [5.74, 6) is 1.49. The second-order valence-electron chi connectivity index (χ2n) is 7.36. The summed E-state index contributed by atoms with van der Waals surface area (Å²) in [5, 5.41) is 13.8. The molecule has 2 rings (SSSR count). The zero-order chi connectivity index (χ0) is 19.3. The molecule has 1 amide bonds. The molecule has 3 atom stereocenters. The van der Waals surface area contributed by atoms with Crippen LogP contribution in [0.25, 0.3) is 0 Å². The van der Waals surface area contributed by atoms with E-state index in [0.29, 0.717) is 23.5 Å². The predicted molar refractivity (Wildman–Crippen MR) is 99.4 cm³/mol. The minimum Gasteiger partial charge on any atom is -0.496 e.